The first-order chi connectivity index (χ1) is 15.7. The van der Waals surface area contributed by atoms with E-state index in [9.17, 15) is 4.39 Å². The van der Waals surface area contributed by atoms with E-state index >= 15 is 0 Å². The van der Waals surface area contributed by atoms with Crippen LogP contribution in [0.4, 0.5) is 10.1 Å². The maximum absolute atomic E-state index is 14.2. The molecule has 3 aliphatic rings. The minimum atomic E-state index is -0.427. The largest absolute Gasteiger partial charge is 0.494 e. The smallest absolute Gasteiger partial charge is 0.229 e. The molecule has 1 saturated carbocycles. The lowest BCUT2D eigenvalue weighted by atomic mass is 10.1. The maximum atomic E-state index is 14.2. The van der Waals surface area contributed by atoms with Crippen molar-refractivity contribution in [3.8, 4) is 5.75 Å². The van der Waals surface area contributed by atoms with Crippen LogP contribution in [0.1, 0.15) is 51.4 Å². The topological polar surface area (TPSA) is 82.5 Å². The third kappa shape index (κ3) is 5.69. The first-order valence-electron chi connectivity index (χ1n) is 11.7. The van der Waals surface area contributed by atoms with Crippen LogP contribution >= 0.6 is 0 Å². The second kappa shape index (κ2) is 11.0. The summed E-state index contributed by atoms with van der Waals surface area (Å²) in [5.41, 5.74) is 0.579. The molecule has 1 aromatic rings. The van der Waals surface area contributed by atoms with E-state index < -0.39 is 5.82 Å². The Morgan fingerprint density at radius 3 is 2.66 bits per heavy atom. The van der Waals surface area contributed by atoms with Crippen molar-refractivity contribution in [1.82, 2.24) is 15.5 Å². The van der Waals surface area contributed by atoms with Crippen LogP contribution in [0.15, 0.2) is 28.2 Å². The summed E-state index contributed by atoms with van der Waals surface area (Å²) < 4.78 is 24.6. The first-order valence-corrected chi connectivity index (χ1v) is 11.7. The van der Waals surface area contributed by atoms with Gasteiger partial charge in [0.25, 0.3) is 0 Å². The molecule has 2 fully saturated rings. The molecule has 9 heteroatoms. The number of hydrogen-bond acceptors (Lipinski definition) is 8. The van der Waals surface area contributed by atoms with E-state index in [0.29, 0.717) is 24.3 Å². The molecule has 2 aliphatic heterocycles. The molecule has 0 spiro atoms. The number of nitrogens with zero attached hydrogens (tertiary/aromatic N) is 3. The molecule has 4 rings (SSSR count). The second-order valence-electron chi connectivity index (χ2n) is 8.71. The number of benzene rings is 1. The lowest BCUT2D eigenvalue weighted by Crippen LogP contribution is -2.57. The Morgan fingerprint density at radius 2 is 1.94 bits per heavy atom. The highest BCUT2D eigenvalue weighted by atomic mass is 19.1. The van der Waals surface area contributed by atoms with Crippen molar-refractivity contribution in [1.29, 1.82) is 0 Å². The Balaban J connectivity index is 1.54. The highest BCUT2D eigenvalue weighted by Crippen LogP contribution is 2.23. The summed E-state index contributed by atoms with van der Waals surface area (Å²) >= 11 is 0. The summed E-state index contributed by atoms with van der Waals surface area (Å²) in [7, 11) is 3.19. The van der Waals surface area contributed by atoms with Crippen LogP contribution in [0.2, 0.25) is 0 Å². The number of methoxy groups -OCH3 is 2. The van der Waals surface area contributed by atoms with E-state index in [0.717, 1.165) is 38.2 Å². The van der Waals surface area contributed by atoms with Gasteiger partial charge in [0.05, 0.1) is 19.8 Å². The van der Waals surface area contributed by atoms with Gasteiger partial charge in [-0.15, -0.1) is 0 Å². The molecule has 2 atom stereocenters. The Bertz CT molecular complexity index is 825. The minimum absolute atomic E-state index is 0.208. The summed E-state index contributed by atoms with van der Waals surface area (Å²) in [6.07, 6.45) is 9.27. The second-order valence-corrected chi connectivity index (χ2v) is 8.71. The third-order valence-electron chi connectivity index (χ3n) is 6.39. The van der Waals surface area contributed by atoms with Crippen molar-refractivity contribution in [3.63, 3.8) is 0 Å². The molecule has 0 radical (unpaired) electrons. The van der Waals surface area contributed by atoms with Gasteiger partial charge < -0.3 is 25.0 Å². The van der Waals surface area contributed by atoms with Crippen LogP contribution in [-0.4, -0.2) is 62.6 Å². The van der Waals surface area contributed by atoms with Gasteiger partial charge in [-0.1, -0.05) is 25.7 Å². The highest BCUT2D eigenvalue weighted by Gasteiger charge is 2.31. The lowest BCUT2D eigenvalue weighted by molar-refractivity contribution is 0.143. The average molecular weight is 447 g/mol. The van der Waals surface area contributed by atoms with Gasteiger partial charge in [0.1, 0.15) is 0 Å². The van der Waals surface area contributed by atoms with Crippen molar-refractivity contribution in [2.75, 3.05) is 32.7 Å². The number of anilines is 1. The molecule has 1 aliphatic carbocycles. The summed E-state index contributed by atoms with van der Waals surface area (Å²) in [5, 5.41) is 10.3. The molecule has 176 valence electrons. The highest BCUT2D eigenvalue weighted by molar-refractivity contribution is 6.03. The molecule has 2 unspecified atom stereocenters. The van der Waals surface area contributed by atoms with E-state index in [1.54, 1.807) is 19.2 Å². The average Bonchev–Trinajstić information content (AvgIpc) is 3.09. The Labute approximate surface area is 189 Å². The number of hydrogen-bond donors (Lipinski definition) is 3. The van der Waals surface area contributed by atoms with Crippen molar-refractivity contribution < 1.29 is 13.9 Å². The van der Waals surface area contributed by atoms with E-state index in [-0.39, 0.29) is 18.1 Å². The number of guanidine groups is 2. The number of nitrogens with one attached hydrogen (secondary N) is 3. The van der Waals surface area contributed by atoms with E-state index in [1.165, 1.54) is 38.9 Å². The van der Waals surface area contributed by atoms with Crippen molar-refractivity contribution >= 4 is 17.6 Å². The number of aliphatic imine (C=N–C) groups is 2. The van der Waals surface area contributed by atoms with Crippen LogP contribution in [0.5, 0.6) is 5.75 Å². The molecular formula is C23H35FN6O2. The summed E-state index contributed by atoms with van der Waals surface area (Å²) in [5.74, 6) is 1.02. The summed E-state index contributed by atoms with van der Waals surface area (Å²) in [6, 6.07) is 5.46. The molecule has 2 heterocycles. The van der Waals surface area contributed by atoms with Gasteiger partial charge in [-0.25, -0.2) is 9.38 Å². The van der Waals surface area contributed by atoms with Gasteiger partial charge in [-0.05, 0) is 37.8 Å². The fourth-order valence-electron chi connectivity index (χ4n) is 4.75. The van der Waals surface area contributed by atoms with Crippen LogP contribution in [0.3, 0.4) is 0 Å². The van der Waals surface area contributed by atoms with Gasteiger partial charge in [0.2, 0.25) is 11.9 Å². The Morgan fingerprint density at radius 1 is 1.12 bits per heavy atom. The third-order valence-corrected chi connectivity index (χ3v) is 6.39. The zero-order valence-electron chi connectivity index (χ0n) is 19.1. The normalized spacial score (nSPS) is 24.4. The zero-order chi connectivity index (χ0) is 22.3. The Kier molecular flexibility index (Phi) is 7.81. The van der Waals surface area contributed by atoms with Gasteiger partial charge >= 0.3 is 0 Å². The molecule has 0 aromatic heterocycles. The Hall–Kier alpha value is -2.39. The predicted molar refractivity (Wildman–Crippen MR) is 125 cm³/mol. The fourth-order valence-corrected chi connectivity index (χ4v) is 4.75. The SMILES string of the molecule is COCC1CCCN1C1=NC(Nc2ccc(OC)c(F)c2)=NC(NC2CCCCCC2)N1. The predicted octanol–water partition coefficient (Wildman–Crippen LogP) is 3.27. The molecule has 32 heavy (non-hydrogen) atoms. The quantitative estimate of drug-likeness (QED) is 0.582. The van der Waals surface area contributed by atoms with Crippen LogP contribution < -0.4 is 20.7 Å². The molecule has 3 N–H and O–H groups in total. The zero-order valence-corrected chi connectivity index (χ0v) is 19.1. The molecular weight excluding hydrogens is 411 g/mol. The van der Waals surface area contributed by atoms with Gasteiger partial charge in [-0.3, -0.25) is 5.32 Å². The summed E-state index contributed by atoms with van der Waals surface area (Å²) in [4.78, 5) is 11.8. The van der Waals surface area contributed by atoms with Gasteiger partial charge in [0, 0.05) is 31.5 Å². The van der Waals surface area contributed by atoms with Crippen LogP contribution in [0, 0.1) is 5.82 Å². The molecule has 8 nitrogen and oxygen atoms in total. The number of likely N-dealkylation sites (tertiary alicyclic amines) is 1. The summed E-state index contributed by atoms with van der Waals surface area (Å²) in [6.45, 7) is 1.57. The number of halogens is 1. The first kappa shape index (κ1) is 22.8. The minimum Gasteiger partial charge on any atom is -0.494 e. The number of rotatable bonds is 6. The van der Waals surface area contributed by atoms with Gasteiger partial charge in [-0.2, -0.15) is 4.99 Å². The molecule has 0 bridgehead atoms. The maximum Gasteiger partial charge on any atom is 0.229 e. The van der Waals surface area contributed by atoms with Crippen molar-refractivity contribution in [3.05, 3.63) is 24.0 Å². The van der Waals surface area contributed by atoms with Crippen LogP contribution in [-0.2, 0) is 4.74 Å². The monoisotopic (exact) mass is 446 g/mol. The molecule has 1 saturated heterocycles. The molecule has 1 aromatic carbocycles. The van der Waals surface area contributed by atoms with Crippen molar-refractivity contribution in [2.45, 2.75) is 69.7 Å². The fraction of sp³-hybridized carbons (Fsp3) is 0.652. The number of ether oxygens (including phenoxy) is 2. The van der Waals surface area contributed by atoms with Crippen LogP contribution in [0.25, 0.3) is 0 Å². The van der Waals surface area contributed by atoms with Gasteiger partial charge in [0.15, 0.2) is 17.9 Å². The van der Waals surface area contributed by atoms with E-state index in [4.69, 9.17) is 19.5 Å². The lowest BCUT2D eigenvalue weighted by Gasteiger charge is -2.33. The molecule has 0 amide bonds. The van der Waals surface area contributed by atoms with E-state index in [1.807, 2.05) is 0 Å². The van der Waals surface area contributed by atoms with Crippen molar-refractivity contribution in [2.24, 2.45) is 9.98 Å². The standard InChI is InChI=1S/C23H35FN6O2/c1-31-15-18-10-7-13-30(18)23-28-21(25-16-8-5-3-4-6-9-16)27-22(29-23)26-17-11-12-20(32-2)19(24)14-17/h11-12,14,16,18,21,25H,3-10,13,15H2,1-2H3,(H2,26,27,28,29). The van der Waals surface area contributed by atoms with E-state index in [2.05, 4.69) is 20.9 Å².